The van der Waals surface area contributed by atoms with Crippen LogP contribution >= 0.6 is 0 Å². The molecule has 3 aromatic rings. The number of fused-ring (bicyclic) bond motifs is 1. The highest BCUT2D eigenvalue weighted by Gasteiger charge is 2.12. The third kappa shape index (κ3) is 3.00. The third-order valence-corrected chi connectivity index (χ3v) is 3.17. The van der Waals surface area contributed by atoms with Crippen molar-refractivity contribution in [1.29, 1.82) is 0 Å². The van der Waals surface area contributed by atoms with Crippen molar-refractivity contribution >= 4 is 23.3 Å². The van der Waals surface area contributed by atoms with Gasteiger partial charge in [0, 0.05) is 5.69 Å². The number of methoxy groups -OCH3 is 2. The van der Waals surface area contributed by atoms with Crippen LogP contribution in [0.25, 0.3) is 5.65 Å². The number of nitrogens with zero attached hydrogens (tertiary/aromatic N) is 3. The molecule has 0 saturated heterocycles. The predicted molar refractivity (Wildman–Crippen MR) is 85.2 cm³/mol. The molecule has 0 fully saturated rings. The summed E-state index contributed by atoms with van der Waals surface area (Å²) in [6.07, 6.45) is 0. The van der Waals surface area contributed by atoms with Gasteiger partial charge in [0.05, 0.1) is 14.2 Å². The first kappa shape index (κ1) is 14.6. The number of rotatable bonds is 4. The highest BCUT2D eigenvalue weighted by molar-refractivity contribution is 5.98. The molecule has 2 heterocycles. The van der Waals surface area contributed by atoms with Crippen LogP contribution in [0.3, 0.4) is 0 Å². The van der Waals surface area contributed by atoms with Gasteiger partial charge >= 0.3 is 6.03 Å². The van der Waals surface area contributed by atoms with Gasteiger partial charge in [-0.2, -0.15) is 0 Å². The van der Waals surface area contributed by atoms with Crippen molar-refractivity contribution in [1.82, 2.24) is 14.6 Å². The Morgan fingerprint density at radius 1 is 1.00 bits per heavy atom. The molecule has 0 aliphatic heterocycles. The van der Waals surface area contributed by atoms with Crippen LogP contribution in [0.2, 0.25) is 0 Å². The zero-order valence-electron chi connectivity index (χ0n) is 12.6. The summed E-state index contributed by atoms with van der Waals surface area (Å²) in [4.78, 5) is 12.1. The Hall–Kier alpha value is -3.29. The summed E-state index contributed by atoms with van der Waals surface area (Å²) in [7, 11) is 3.12. The largest absolute Gasteiger partial charge is 0.497 e. The lowest BCUT2D eigenvalue weighted by molar-refractivity contribution is 0.262. The summed E-state index contributed by atoms with van der Waals surface area (Å²) < 4.78 is 11.9. The third-order valence-electron chi connectivity index (χ3n) is 3.17. The first-order valence-electron chi connectivity index (χ1n) is 6.81. The first-order valence-corrected chi connectivity index (χ1v) is 6.81. The van der Waals surface area contributed by atoms with E-state index in [9.17, 15) is 4.79 Å². The molecule has 2 amide bonds. The zero-order chi connectivity index (χ0) is 16.2. The van der Waals surface area contributed by atoms with Gasteiger partial charge in [-0.05, 0) is 36.4 Å². The maximum absolute atomic E-state index is 12.1. The summed E-state index contributed by atoms with van der Waals surface area (Å²) in [5, 5.41) is 13.3. The van der Waals surface area contributed by atoms with Crippen LogP contribution in [0.15, 0.2) is 42.5 Å². The highest BCUT2D eigenvalue weighted by Crippen LogP contribution is 2.19. The summed E-state index contributed by atoms with van der Waals surface area (Å²) >= 11 is 0. The van der Waals surface area contributed by atoms with E-state index in [0.717, 1.165) is 0 Å². The number of nitrogens with one attached hydrogen (secondary N) is 2. The SMILES string of the molecule is COc1ccc(NC(=O)Nc2nnc3cccc(OC)n23)cc1. The van der Waals surface area contributed by atoms with E-state index in [0.29, 0.717) is 23.0 Å². The maximum Gasteiger partial charge on any atom is 0.326 e. The number of carbonyl (C=O) groups excluding carboxylic acids is 1. The molecule has 8 nitrogen and oxygen atoms in total. The average Bonchev–Trinajstić information content (AvgIpc) is 2.98. The quantitative estimate of drug-likeness (QED) is 0.772. The minimum absolute atomic E-state index is 0.267. The molecule has 0 bridgehead atoms. The smallest absolute Gasteiger partial charge is 0.326 e. The van der Waals surface area contributed by atoms with E-state index >= 15 is 0 Å². The fraction of sp³-hybridized carbons (Fsp3) is 0.133. The molecule has 0 unspecified atom stereocenters. The van der Waals surface area contributed by atoms with Crippen molar-refractivity contribution in [2.24, 2.45) is 0 Å². The number of amides is 2. The number of carbonyl (C=O) groups is 1. The van der Waals surface area contributed by atoms with Crippen LogP contribution in [0.1, 0.15) is 0 Å². The molecular weight excluding hydrogens is 298 g/mol. The number of ether oxygens (including phenoxy) is 2. The molecule has 23 heavy (non-hydrogen) atoms. The molecule has 0 saturated carbocycles. The van der Waals surface area contributed by atoms with Crippen molar-refractivity contribution in [3.05, 3.63) is 42.5 Å². The molecule has 3 rings (SSSR count). The lowest BCUT2D eigenvalue weighted by Crippen LogP contribution is -2.21. The summed E-state index contributed by atoms with van der Waals surface area (Å²) in [5.41, 5.74) is 1.20. The normalized spacial score (nSPS) is 10.3. The van der Waals surface area contributed by atoms with Gasteiger partial charge in [-0.3, -0.25) is 5.32 Å². The minimum Gasteiger partial charge on any atom is -0.497 e. The Labute approximate surface area is 132 Å². The van der Waals surface area contributed by atoms with E-state index in [1.54, 1.807) is 54.0 Å². The summed E-state index contributed by atoms with van der Waals surface area (Å²) in [5.74, 6) is 1.50. The standard InChI is InChI=1S/C15H15N5O3/c1-22-11-8-6-10(7-9-11)16-15(21)17-14-19-18-12-4-3-5-13(23-2)20(12)14/h3-9H,1-2H3,(H2,16,17,19,21). The van der Waals surface area contributed by atoms with E-state index in [2.05, 4.69) is 20.8 Å². The second kappa shape index (κ2) is 6.22. The number of pyridine rings is 1. The zero-order valence-corrected chi connectivity index (χ0v) is 12.6. The number of hydrogen-bond donors (Lipinski definition) is 2. The van der Waals surface area contributed by atoms with Gasteiger partial charge in [0.15, 0.2) is 5.65 Å². The van der Waals surface area contributed by atoms with Crippen molar-refractivity contribution in [3.8, 4) is 11.6 Å². The molecular formula is C15H15N5O3. The average molecular weight is 313 g/mol. The lowest BCUT2D eigenvalue weighted by atomic mass is 10.3. The second-order valence-corrected chi connectivity index (χ2v) is 4.59. The molecule has 1 aromatic carbocycles. The van der Waals surface area contributed by atoms with Gasteiger partial charge in [-0.15, -0.1) is 10.2 Å². The number of hydrogen-bond acceptors (Lipinski definition) is 5. The number of anilines is 2. The highest BCUT2D eigenvalue weighted by atomic mass is 16.5. The Bertz CT molecular complexity index is 829. The van der Waals surface area contributed by atoms with Crippen LogP contribution in [0.5, 0.6) is 11.6 Å². The molecule has 2 aromatic heterocycles. The molecule has 8 heteroatoms. The first-order chi connectivity index (χ1) is 11.2. The number of benzene rings is 1. The lowest BCUT2D eigenvalue weighted by Gasteiger charge is -2.08. The fourth-order valence-corrected chi connectivity index (χ4v) is 2.09. The van der Waals surface area contributed by atoms with Gasteiger partial charge in [0.1, 0.15) is 5.75 Å². The van der Waals surface area contributed by atoms with Crippen LogP contribution in [0.4, 0.5) is 16.4 Å². The van der Waals surface area contributed by atoms with Gasteiger partial charge in [0.2, 0.25) is 11.8 Å². The predicted octanol–water partition coefficient (Wildman–Crippen LogP) is 2.39. The second-order valence-electron chi connectivity index (χ2n) is 4.59. The topological polar surface area (TPSA) is 89.8 Å². The Morgan fingerprint density at radius 2 is 1.78 bits per heavy atom. The number of aromatic nitrogens is 3. The van der Waals surface area contributed by atoms with E-state index < -0.39 is 6.03 Å². The molecule has 0 aliphatic rings. The van der Waals surface area contributed by atoms with E-state index in [4.69, 9.17) is 9.47 Å². The molecule has 0 atom stereocenters. The van der Waals surface area contributed by atoms with Crippen molar-refractivity contribution in [2.75, 3.05) is 24.9 Å². The number of urea groups is 1. The van der Waals surface area contributed by atoms with Crippen molar-refractivity contribution in [2.45, 2.75) is 0 Å². The Kier molecular flexibility index (Phi) is 3.96. The molecule has 2 N–H and O–H groups in total. The summed E-state index contributed by atoms with van der Waals surface area (Å²) in [6.45, 7) is 0. The van der Waals surface area contributed by atoms with E-state index in [1.165, 1.54) is 7.11 Å². The molecule has 0 spiro atoms. The van der Waals surface area contributed by atoms with Gasteiger partial charge in [-0.25, -0.2) is 9.20 Å². The van der Waals surface area contributed by atoms with Crippen LogP contribution < -0.4 is 20.1 Å². The molecule has 0 radical (unpaired) electrons. The maximum atomic E-state index is 12.1. The van der Waals surface area contributed by atoms with Gasteiger partial charge in [0.25, 0.3) is 0 Å². The monoisotopic (exact) mass is 313 g/mol. The fourth-order valence-electron chi connectivity index (χ4n) is 2.09. The molecule has 0 aliphatic carbocycles. The van der Waals surface area contributed by atoms with Crippen LogP contribution in [0, 0.1) is 0 Å². The van der Waals surface area contributed by atoms with Crippen molar-refractivity contribution < 1.29 is 14.3 Å². The van der Waals surface area contributed by atoms with Gasteiger partial charge in [-0.1, -0.05) is 6.07 Å². The van der Waals surface area contributed by atoms with Crippen LogP contribution in [-0.2, 0) is 0 Å². The van der Waals surface area contributed by atoms with Crippen LogP contribution in [-0.4, -0.2) is 34.8 Å². The Balaban J connectivity index is 1.77. The van der Waals surface area contributed by atoms with E-state index in [1.807, 2.05) is 0 Å². The minimum atomic E-state index is -0.435. The Morgan fingerprint density at radius 3 is 2.48 bits per heavy atom. The van der Waals surface area contributed by atoms with Crippen molar-refractivity contribution in [3.63, 3.8) is 0 Å². The summed E-state index contributed by atoms with van der Waals surface area (Å²) in [6, 6.07) is 11.9. The van der Waals surface area contributed by atoms with Gasteiger partial charge < -0.3 is 14.8 Å². The molecule has 118 valence electrons. The van der Waals surface area contributed by atoms with E-state index in [-0.39, 0.29) is 5.95 Å².